The van der Waals surface area contributed by atoms with E-state index in [9.17, 15) is 9.90 Å². The Hall–Kier alpha value is -1.91. The van der Waals surface area contributed by atoms with Crippen LogP contribution in [0.3, 0.4) is 0 Å². The second-order valence-electron chi connectivity index (χ2n) is 5.24. The summed E-state index contributed by atoms with van der Waals surface area (Å²) >= 11 is 0. The third kappa shape index (κ3) is 5.17. The first-order valence-electron chi connectivity index (χ1n) is 7.22. The van der Waals surface area contributed by atoms with Crippen molar-refractivity contribution in [2.75, 3.05) is 7.11 Å². The number of aromatic hydroxyl groups is 1. The van der Waals surface area contributed by atoms with Gasteiger partial charge in [0, 0.05) is 6.07 Å². The predicted octanol–water partition coefficient (Wildman–Crippen LogP) is 4.28. The third-order valence-corrected chi connectivity index (χ3v) is 3.24. The summed E-state index contributed by atoms with van der Waals surface area (Å²) in [5.41, 5.74) is -0.519. The third-order valence-electron chi connectivity index (χ3n) is 3.24. The molecule has 0 saturated heterocycles. The number of hydrogen-bond acceptors (Lipinski definition) is 5. The molecule has 0 spiro atoms. The van der Waals surface area contributed by atoms with E-state index in [1.807, 2.05) is 20.8 Å². The number of carbonyl (C=O) groups is 1. The monoisotopic (exact) mass is 296 g/mol. The molecule has 5 heteroatoms. The van der Waals surface area contributed by atoms with Crippen molar-refractivity contribution in [3.63, 3.8) is 0 Å². The lowest BCUT2D eigenvalue weighted by molar-refractivity contribution is -0.0139. The number of ether oxygens (including phenoxy) is 3. The van der Waals surface area contributed by atoms with Crippen molar-refractivity contribution in [2.45, 2.75) is 52.1 Å². The fourth-order valence-electron chi connectivity index (χ4n) is 2.34. The number of benzene rings is 1. The maximum atomic E-state index is 11.9. The van der Waals surface area contributed by atoms with Gasteiger partial charge in [0.15, 0.2) is 11.5 Å². The number of methoxy groups -OCH3 is 1. The summed E-state index contributed by atoms with van der Waals surface area (Å²) in [6.45, 7) is 6.00. The summed E-state index contributed by atoms with van der Waals surface area (Å²) in [6, 6.07) is 4.38. The molecular weight excluding hydrogens is 272 g/mol. The summed E-state index contributed by atoms with van der Waals surface area (Å²) < 4.78 is 15.5. The molecule has 118 valence electrons. The van der Waals surface area contributed by atoms with Crippen LogP contribution in [0.2, 0.25) is 0 Å². The summed E-state index contributed by atoms with van der Waals surface area (Å²) in [7, 11) is 1.45. The second kappa shape index (κ2) is 7.76. The molecule has 1 aromatic carbocycles. The highest BCUT2D eigenvalue weighted by molar-refractivity contribution is 5.65. The van der Waals surface area contributed by atoms with Crippen LogP contribution < -0.4 is 9.47 Å². The molecule has 0 heterocycles. The molecule has 21 heavy (non-hydrogen) atoms. The average Bonchev–Trinajstić information content (AvgIpc) is 2.38. The SMILES string of the molecule is CCCC(C)(CCC)OC(=O)Oc1ccc(OC)c(O)c1. The molecule has 0 aliphatic carbocycles. The maximum absolute atomic E-state index is 11.9. The molecule has 1 aromatic rings. The van der Waals surface area contributed by atoms with Crippen molar-refractivity contribution < 1.29 is 24.1 Å². The van der Waals surface area contributed by atoms with Gasteiger partial charge < -0.3 is 19.3 Å². The molecule has 0 saturated carbocycles. The van der Waals surface area contributed by atoms with Gasteiger partial charge in [0.1, 0.15) is 11.4 Å². The van der Waals surface area contributed by atoms with Crippen molar-refractivity contribution in [3.05, 3.63) is 18.2 Å². The minimum absolute atomic E-state index is 0.0901. The highest BCUT2D eigenvalue weighted by Gasteiger charge is 2.28. The summed E-state index contributed by atoms with van der Waals surface area (Å²) in [5.74, 6) is 0.443. The van der Waals surface area contributed by atoms with Crippen LogP contribution in [0, 0.1) is 0 Å². The molecule has 0 aliphatic heterocycles. The molecular formula is C16H24O5. The minimum atomic E-state index is -0.760. The Morgan fingerprint density at radius 3 is 2.33 bits per heavy atom. The molecule has 0 radical (unpaired) electrons. The highest BCUT2D eigenvalue weighted by atomic mass is 16.7. The second-order valence-corrected chi connectivity index (χ2v) is 5.24. The van der Waals surface area contributed by atoms with Crippen molar-refractivity contribution in [1.29, 1.82) is 0 Å². The first-order chi connectivity index (χ1) is 9.94. The lowest BCUT2D eigenvalue weighted by atomic mass is 9.95. The Balaban J connectivity index is 2.69. The molecule has 0 amide bonds. The van der Waals surface area contributed by atoms with Crippen molar-refractivity contribution in [3.8, 4) is 17.2 Å². The quantitative estimate of drug-likeness (QED) is 0.601. The largest absolute Gasteiger partial charge is 0.514 e. The zero-order valence-electron chi connectivity index (χ0n) is 13.1. The van der Waals surface area contributed by atoms with E-state index in [4.69, 9.17) is 14.2 Å². The number of phenols is 1. The van der Waals surface area contributed by atoms with Gasteiger partial charge in [0.2, 0.25) is 0 Å². The van der Waals surface area contributed by atoms with E-state index in [2.05, 4.69) is 0 Å². The number of hydrogen-bond donors (Lipinski definition) is 1. The van der Waals surface area contributed by atoms with E-state index in [-0.39, 0.29) is 11.5 Å². The molecule has 0 atom stereocenters. The topological polar surface area (TPSA) is 65.0 Å². The van der Waals surface area contributed by atoms with E-state index >= 15 is 0 Å². The van der Waals surface area contributed by atoms with E-state index in [1.165, 1.54) is 25.3 Å². The predicted molar refractivity (Wildman–Crippen MR) is 80.0 cm³/mol. The van der Waals surface area contributed by atoms with Crippen LogP contribution in [-0.4, -0.2) is 24.0 Å². The normalized spacial score (nSPS) is 11.0. The van der Waals surface area contributed by atoms with Crippen LogP contribution in [0.1, 0.15) is 46.5 Å². The number of rotatable bonds is 7. The summed E-state index contributed by atoms with van der Waals surface area (Å²) in [6.07, 6.45) is 2.65. The average molecular weight is 296 g/mol. The van der Waals surface area contributed by atoms with E-state index in [0.717, 1.165) is 25.7 Å². The molecule has 1 N–H and O–H groups in total. The molecule has 1 rings (SSSR count). The number of phenolic OH excluding ortho intramolecular Hbond substituents is 1. The Labute approximate surface area is 125 Å². The highest BCUT2D eigenvalue weighted by Crippen LogP contribution is 2.30. The van der Waals surface area contributed by atoms with Crippen LogP contribution >= 0.6 is 0 Å². The smallest absolute Gasteiger partial charge is 0.504 e. The Kier molecular flexibility index (Phi) is 6.34. The van der Waals surface area contributed by atoms with Gasteiger partial charge in [-0.05, 0) is 31.9 Å². The summed E-state index contributed by atoms with van der Waals surface area (Å²) in [5, 5.41) is 9.65. The molecule has 0 unspecified atom stereocenters. The van der Waals surface area contributed by atoms with E-state index in [0.29, 0.717) is 5.75 Å². The molecule has 0 aliphatic rings. The maximum Gasteiger partial charge on any atom is 0.514 e. The van der Waals surface area contributed by atoms with Gasteiger partial charge in [-0.1, -0.05) is 26.7 Å². The first-order valence-corrected chi connectivity index (χ1v) is 7.22. The molecule has 0 aromatic heterocycles. The minimum Gasteiger partial charge on any atom is -0.504 e. The summed E-state index contributed by atoms with van der Waals surface area (Å²) in [4.78, 5) is 11.9. The fourth-order valence-corrected chi connectivity index (χ4v) is 2.34. The number of carbonyl (C=O) groups excluding carboxylic acids is 1. The van der Waals surface area contributed by atoms with Crippen molar-refractivity contribution in [2.24, 2.45) is 0 Å². The Morgan fingerprint density at radius 2 is 1.86 bits per heavy atom. The van der Waals surface area contributed by atoms with Crippen molar-refractivity contribution >= 4 is 6.16 Å². The molecule has 0 fully saturated rings. The standard InChI is InChI=1S/C16H24O5/c1-5-9-16(3,10-6-2)21-15(18)20-12-7-8-14(19-4)13(17)11-12/h7-8,11,17H,5-6,9-10H2,1-4H3. The fraction of sp³-hybridized carbons (Fsp3) is 0.562. The van der Waals surface area contributed by atoms with Crippen molar-refractivity contribution in [1.82, 2.24) is 0 Å². The lowest BCUT2D eigenvalue weighted by Gasteiger charge is -2.28. The van der Waals surface area contributed by atoms with Gasteiger partial charge in [0.05, 0.1) is 7.11 Å². The van der Waals surface area contributed by atoms with E-state index in [1.54, 1.807) is 0 Å². The van der Waals surface area contributed by atoms with Crippen LogP contribution in [0.4, 0.5) is 4.79 Å². The van der Waals surface area contributed by atoms with Gasteiger partial charge in [0.25, 0.3) is 0 Å². The Bertz CT molecular complexity index is 464. The molecule has 5 nitrogen and oxygen atoms in total. The van der Waals surface area contributed by atoms with Gasteiger partial charge in [-0.25, -0.2) is 4.79 Å². The van der Waals surface area contributed by atoms with Crippen LogP contribution in [0.5, 0.6) is 17.2 Å². The van der Waals surface area contributed by atoms with Gasteiger partial charge in [-0.2, -0.15) is 0 Å². The lowest BCUT2D eigenvalue weighted by Crippen LogP contribution is -2.32. The van der Waals surface area contributed by atoms with Gasteiger partial charge >= 0.3 is 6.16 Å². The van der Waals surface area contributed by atoms with Crippen LogP contribution in [0.25, 0.3) is 0 Å². The molecule has 0 bridgehead atoms. The zero-order chi connectivity index (χ0) is 15.9. The Morgan fingerprint density at radius 1 is 1.24 bits per heavy atom. The zero-order valence-corrected chi connectivity index (χ0v) is 13.1. The van der Waals surface area contributed by atoms with Crippen LogP contribution in [0.15, 0.2) is 18.2 Å². The van der Waals surface area contributed by atoms with Gasteiger partial charge in [-0.15, -0.1) is 0 Å². The van der Waals surface area contributed by atoms with Gasteiger partial charge in [-0.3, -0.25) is 0 Å². The van der Waals surface area contributed by atoms with E-state index < -0.39 is 11.8 Å². The first kappa shape index (κ1) is 17.1. The van der Waals surface area contributed by atoms with Crippen LogP contribution in [-0.2, 0) is 4.74 Å².